The second-order valence-corrected chi connectivity index (χ2v) is 5.37. The van der Waals surface area contributed by atoms with Crippen molar-refractivity contribution in [2.45, 2.75) is 45.3 Å². The van der Waals surface area contributed by atoms with Crippen LogP contribution in [0.5, 0.6) is 0 Å². The third-order valence-corrected chi connectivity index (χ3v) is 4.06. The Morgan fingerprint density at radius 1 is 1.00 bits per heavy atom. The van der Waals surface area contributed by atoms with Crippen molar-refractivity contribution in [3.05, 3.63) is 0 Å². The van der Waals surface area contributed by atoms with Crippen LogP contribution in [0.15, 0.2) is 0 Å². The van der Waals surface area contributed by atoms with Gasteiger partial charge >= 0.3 is 0 Å². The topological polar surface area (TPSA) is 0 Å². The van der Waals surface area contributed by atoms with Crippen molar-refractivity contribution in [3.8, 4) is 0 Å². The molecule has 0 saturated carbocycles. The molecule has 0 aliphatic rings. The number of rotatable bonds is 4. The van der Waals surface area contributed by atoms with Crippen molar-refractivity contribution >= 4 is 8.80 Å². The van der Waals surface area contributed by atoms with Gasteiger partial charge in [-0.15, -0.1) is 0 Å². The predicted octanol–water partition coefficient (Wildman–Crippen LogP) is 2.93. The summed E-state index contributed by atoms with van der Waals surface area (Å²) >= 11 is 0. The average molecular weight is 129 g/mol. The van der Waals surface area contributed by atoms with E-state index in [-0.39, 0.29) is 8.80 Å². The molecular weight excluding hydrogens is 112 g/mol. The van der Waals surface area contributed by atoms with Crippen LogP contribution >= 0.6 is 0 Å². The number of hydrogen-bond donors (Lipinski definition) is 0. The Morgan fingerprint density at radius 3 is 1.62 bits per heavy atom. The standard InChI is InChI=1S/C7H17Si/c1-4-6-8(3)7-5-2/h4-7H2,1-3H3. The molecule has 0 amide bonds. The van der Waals surface area contributed by atoms with Gasteiger partial charge in [-0.25, -0.2) is 0 Å². The van der Waals surface area contributed by atoms with Gasteiger partial charge in [-0.05, 0) is 0 Å². The molecule has 0 spiro atoms. The lowest BCUT2D eigenvalue weighted by Crippen LogP contribution is -2.03. The van der Waals surface area contributed by atoms with E-state index in [0.717, 1.165) is 0 Å². The van der Waals surface area contributed by atoms with E-state index in [1.54, 1.807) is 0 Å². The fourth-order valence-corrected chi connectivity index (χ4v) is 2.94. The monoisotopic (exact) mass is 129 g/mol. The third-order valence-electron chi connectivity index (χ3n) is 1.35. The molecule has 0 fully saturated rings. The molecule has 49 valence electrons. The lowest BCUT2D eigenvalue weighted by molar-refractivity contribution is 1.01. The summed E-state index contributed by atoms with van der Waals surface area (Å²) in [5, 5.41) is 0. The maximum Gasteiger partial charge on any atom is 0.0445 e. The summed E-state index contributed by atoms with van der Waals surface area (Å²) in [4.78, 5) is 0. The molecule has 0 aromatic heterocycles. The first-order valence-corrected chi connectivity index (χ1v) is 6.04. The van der Waals surface area contributed by atoms with Crippen molar-refractivity contribution in [1.82, 2.24) is 0 Å². The molecule has 1 radical (unpaired) electrons. The first kappa shape index (κ1) is 8.22. The maximum absolute atomic E-state index is 2.44. The highest BCUT2D eigenvalue weighted by molar-refractivity contribution is 6.57. The van der Waals surface area contributed by atoms with Gasteiger partial charge in [-0.1, -0.05) is 45.3 Å². The van der Waals surface area contributed by atoms with E-state index < -0.39 is 0 Å². The molecule has 0 heterocycles. The van der Waals surface area contributed by atoms with Crippen LogP contribution in [0.3, 0.4) is 0 Å². The van der Waals surface area contributed by atoms with Gasteiger partial charge in [-0.2, -0.15) is 0 Å². The number of hydrogen-bond acceptors (Lipinski definition) is 0. The van der Waals surface area contributed by atoms with Gasteiger partial charge in [0.25, 0.3) is 0 Å². The zero-order valence-electron chi connectivity index (χ0n) is 6.33. The normalized spacial score (nSPS) is 10.5. The van der Waals surface area contributed by atoms with Crippen LogP contribution in [0.1, 0.15) is 26.7 Å². The Hall–Kier alpha value is 0.217. The van der Waals surface area contributed by atoms with E-state index in [1.165, 1.54) is 24.9 Å². The van der Waals surface area contributed by atoms with Gasteiger partial charge in [0, 0.05) is 8.80 Å². The minimum Gasteiger partial charge on any atom is -0.0711 e. The Bertz CT molecular complexity index is 37.7. The fourth-order valence-electron chi connectivity index (χ4n) is 0.979. The first-order valence-electron chi connectivity index (χ1n) is 3.62. The fraction of sp³-hybridized carbons (Fsp3) is 1.00. The van der Waals surface area contributed by atoms with Gasteiger partial charge < -0.3 is 0 Å². The van der Waals surface area contributed by atoms with Gasteiger partial charge in [0.1, 0.15) is 0 Å². The molecular formula is C7H17Si. The first-order chi connectivity index (χ1) is 3.81. The highest BCUT2D eigenvalue weighted by Gasteiger charge is 1.98. The summed E-state index contributed by atoms with van der Waals surface area (Å²) in [5.41, 5.74) is 0. The lowest BCUT2D eigenvalue weighted by Gasteiger charge is -2.03. The molecule has 0 nitrogen and oxygen atoms in total. The zero-order chi connectivity index (χ0) is 6.41. The molecule has 0 unspecified atom stereocenters. The zero-order valence-corrected chi connectivity index (χ0v) is 7.33. The minimum atomic E-state index is 0.109. The molecule has 0 N–H and O–H groups in total. The van der Waals surface area contributed by atoms with Gasteiger partial charge in [0.15, 0.2) is 0 Å². The minimum absolute atomic E-state index is 0.109. The van der Waals surface area contributed by atoms with Crippen LogP contribution < -0.4 is 0 Å². The van der Waals surface area contributed by atoms with Crippen LogP contribution in [0, 0.1) is 0 Å². The predicted molar refractivity (Wildman–Crippen MR) is 41.8 cm³/mol. The van der Waals surface area contributed by atoms with Gasteiger partial charge in [0.05, 0.1) is 0 Å². The van der Waals surface area contributed by atoms with Crippen molar-refractivity contribution in [2.75, 3.05) is 0 Å². The Labute approximate surface area is 54.9 Å². The third kappa shape index (κ3) is 4.38. The van der Waals surface area contributed by atoms with Crippen molar-refractivity contribution in [3.63, 3.8) is 0 Å². The summed E-state index contributed by atoms with van der Waals surface area (Å²) in [7, 11) is 0.109. The molecule has 0 atom stereocenters. The molecule has 8 heavy (non-hydrogen) atoms. The lowest BCUT2D eigenvalue weighted by atomic mass is 10.6. The molecule has 0 rings (SSSR count). The molecule has 0 aromatic carbocycles. The highest BCUT2D eigenvalue weighted by atomic mass is 28.3. The SMILES string of the molecule is CCC[Si](C)CCC. The van der Waals surface area contributed by atoms with E-state index >= 15 is 0 Å². The Balaban J connectivity index is 2.92. The second kappa shape index (κ2) is 5.36. The van der Waals surface area contributed by atoms with Crippen LogP contribution in [-0.4, -0.2) is 8.80 Å². The summed E-state index contributed by atoms with van der Waals surface area (Å²) in [6.45, 7) is 7.01. The van der Waals surface area contributed by atoms with Gasteiger partial charge in [-0.3, -0.25) is 0 Å². The van der Waals surface area contributed by atoms with E-state index in [4.69, 9.17) is 0 Å². The van der Waals surface area contributed by atoms with Crippen LogP contribution in [-0.2, 0) is 0 Å². The van der Waals surface area contributed by atoms with Crippen LogP contribution in [0.25, 0.3) is 0 Å². The summed E-state index contributed by atoms with van der Waals surface area (Å²) in [6, 6.07) is 3.02. The maximum atomic E-state index is 2.44. The van der Waals surface area contributed by atoms with Crippen molar-refractivity contribution in [2.24, 2.45) is 0 Å². The molecule has 0 saturated heterocycles. The van der Waals surface area contributed by atoms with Crippen LogP contribution in [0.2, 0.25) is 18.6 Å². The quantitative estimate of drug-likeness (QED) is 0.512. The Kier molecular flexibility index (Phi) is 5.50. The van der Waals surface area contributed by atoms with Gasteiger partial charge in [0.2, 0.25) is 0 Å². The molecule has 1 heteroatoms. The molecule has 0 aliphatic heterocycles. The van der Waals surface area contributed by atoms with E-state index in [1.807, 2.05) is 0 Å². The Morgan fingerprint density at radius 2 is 1.38 bits per heavy atom. The largest absolute Gasteiger partial charge is 0.0711 e. The molecule has 0 aromatic rings. The highest BCUT2D eigenvalue weighted by Crippen LogP contribution is 2.03. The summed E-state index contributed by atoms with van der Waals surface area (Å²) in [6.07, 6.45) is 2.79. The van der Waals surface area contributed by atoms with Crippen LogP contribution in [0.4, 0.5) is 0 Å². The summed E-state index contributed by atoms with van der Waals surface area (Å²) < 4.78 is 0. The van der Waals surface area contributed by atoms with E-state index in [2.05, 4.69) is 20.4 Å². The van der Waals surface area contributed by atoms with Crippen molar-refractivity contribution < 1.29 is 0 Å². The smallest absolute Gasteiger partial charge is 0.0445 e. The summed E-state index contributed by atoms with van der Waals surface area (Å²) in [5.74, 6) is 0. The second-order valence-electron chi connectivity index (χ2n) is 2.46. The van der Waals surface area contributed by atoms with E-state index in [9.17, 15) is 0 Å². The van der Waals surface area contributed by atoms with Crippen molar-refractivity contribution in [1.29, 1.82) is 0 Å². The average Bonchev–Trinajstić information content (AvgIpc) is 1.68. The van der Waals surface area contributed by atoms with E-state index in [0.29, 0.717) is 0 Å². The molecule has 0 aliphatic carbocycles. The molecule has 0 bridgehead atoms.